The van der Waals surface area contributed by atoms with Crippen LogP contribution in [-0.4, -0.2) is 50.9 Å². The molecule has 0 amide bonds. The molecule has 0 aromatic carbocycles. The number of aromatic nitrogens is 3. The fourth-order valence-corrected chi connectivity index (χ4v) is 2.79. The number of piperidine rings is 1. The second-order valence-electron chi connectivity index (χ2n) is 5.46. The average molecular weight is 274 g/mol. The van der Waals surface area contributed by atoms with Gasteiger partial charge >= 0.3 is 5.97 Å². The Morgan fingerprint density at radius 3 is 2.75 bits per heavy atom. The molecule has 0 radical (unpaired) electrons. The van der Waals surface area contributed by atoms with E-state index < -0.39 is 5.97 Å². The lowest BCUT2D eigenvalue weighted by Gasteiger charge is -2.29. The maximum absolute atomic E-state index is 11.1. The van der Waals surface area contributed by atoms with Gasteiger partial charge in [0.1, 0.15) is 0 Å². The van der Waals surface area contributed by atoms with Crippen LogP contribution in [0.25, 0.3) is 11.0 Å². The number of aromatic carboxylic acids is 1. The van der Waals surface area contributed by atoms with Crippen molar-refractivity contribution < 1.29 is 9.90 Å². The molecule has 6 heteroatoms. The highest BCUT2D eigenvalue weighted by Gasteiger charge is 2.22. The van der Waals surface area contributed by atoms with Gasteiger partial charge in [-0.2, -0.15) is 5.10 Å². The third-order valence-electron chi connectivity index (χ3n) is 4.02. The monoisotopic (exact) mass is 274 g/mol. The molecule has 1 aliphatic rings. The van der Waals surface area contributed by atoms with Crippen molar-refractivity contribution in [3.05, 3.63) is 23.5 Å². The maximum atomic E-state index is 11.1. The van der Waals surface area contributed by atoms with Gasteiger partial charge in [-0.05, 0) is 46.0 Å². The van der Waals surface area contributed by atoms with Gasteiger partial charge in [0.05, 0.1) is 23.5 Å². The number of carboxylic acids is 1. The minimum atomic E-state index is -0.941. The summed E-state index contributed by atoms with van der Waals surface area (Å²) in [6.07, 6.45) is 3.82. The zero-order valence-electron chi connectivity index (χ0n) is 11.7. The highest BCUT2D eigenvalue weighted by Crippen LogP contribution is 2.25. The summed E-state index contributed by atoms with van der Waals surface area (Å²) in [4.78, 5) is 17.9. The van der Waals surface area contributed by atoms with Crippen LogP contribution in [0.15, 0.2) is 12.3 Å². The van der Waals surface area contributed by atoms with Gasteiger partial charge in [0.15, 0.2) is 5.65 Å². The zero-order chi connectivity index (χ0) is 14.3. The Labute approximate surface area is 117 Å². The number of hydrogen-bond donors (Lipinski definition) is 1. The molecule has 0 saturated carbocycles. The molecule has 2 aromatic heterocycles. The van der Waals surface area contributed by atoms with E-state index in [1.807, 2.05) is 4.68 Å². The number of likely N-dealkylation sites (tertiary alicyclic amines) is 1. The first kappa shape index (κ1) is 13.1. The molecule has 0 atom stereocenters. The van der Waals surface area contributed by atoms with E-state index >= 15 is 0 Å². The number of pyridine rings is 1. The summed E-state index contributed by atoms with van der Waals surface area (Å²) in [5.74, 6) is -0.941. The molecule has 0 aliphatic carbocycles. The molecular formula is C14H18N4O2. The Morgan fingerprint density at radius 1 is 1.40 bits per heavy atom. The van der Waals surface area contributed by atoms with Crippen LogP contribution in [0.3, 0.4) is 0 Å². The summed E-state index contributed by atoms with van der Waals surface area (Å²) in [6.45, 7) is 3.84. The second kappa shape index (κ2) is 4.86. The lowest BCUT2D eigenvalue weighted by molar-refractivity contribution is 0.0696. The van der Waals surface area contributed by atoms with E-state index in [0.717, 1.165) is 37.0 Å². The van der Waals surface area contributed by atoms with E-state index in [2.05, 4.69) is 22.0 Å². The highest BCUT2D eigenvalue weighted by atomic mass is 16.4. The first-order valence-corrected chi connectivity index (χ1v) is 6.83. The van der Waals surface area contributed by atoms with Gasteiger partial charge < -0.3 is 10.0 Å². The highest BCUT2D eigenvalue weighted by molar-refractivity contribution is 5.93. The largest absolute Gasteiger partial charge is 0.478 e. The second-order valence-corrected chi connectivity index (χ2v) is 5.46. The molecule has 6 nitrogen and oxygen atoms in total. The maximum Gasteiger partial charge on any atom is 0.337 e. The Kier molecular flexibility index (Phi) is 3.17. The van der Waals surface area contributed by atoms with Gasteiger partial charge in [-0.3, -0.25) is 0 Å². The summed E-state index contributed by atoms with van der Waals surface area (Å²) in [5.41, 5.74) is 1.59. The summed E-state index contributed by atoms with van der Waals surface area (Å²) in [7, 11) is 2.12. The van der Waals surface area contributed by atoms with Crippen LogP contribution in [0.4, 0.5) is 0 Å². The Hall–Kier alpha value is -1.95. The molecule has 1 fully saturated rings. The normalized spacial score (nSPS) is 17.7. The van der Waals surface area contributed by atoms with Crippen molar-refractivity contribution in [1.82, 2.24) is 19.7 Å². The average Bonchev–Trinajstić information content (AvgIpc) is 2.81. The molecular weight excluding hydrogens is 256 g/mol. The number of rotatable bonds is 2. The van der Waals surface area contributed by atoms with E-state index in [1.54, 1.807) is 19.2 Å². The number of carboxylic acid groups (broad SMARTS) is 1. The van der Waals surface area contributed by atoms with E-state index in [9.17, 15) is 4.79 Å². The van der Waals surface area contributed by atoms with Crippen LogP contribution in [0.5, 0.6) is 0 Å². The first-order chi connectivity index (χ1) is 9.56. The third-order valence-corrected chi connectivity index (χ3v) is 4.02. The Morgan fingerprint density at radius 2 is 2.10 bits per heavy atom. The molecule has 20 heavy (non-hydrogen) atoms. The zero-order valence-corrected chi connectivity index (χ0v) is 11.7. The number of carbonyl (C=O) groups is 1. The molecule has 106 valence electrons. The van der Waals surface area contributed by atoms with Crippen LogP contribution in [0, 0.1) is 6.92 Å². The van der Waals surface area contributed by atoms with Crippen LogP contribution >= 0.6 is 0 Å². The van der Waals surface area contributed by atoms with Crippen molar-refractivity contribution in [2.75, 3.05) is 20.1 Å². The number of nitrogens with zero attached hydrogens (tertiary/aromatic N) is 4. The van der Waals surface area contributed by atoms with E-state index in [-0.39, 0.29) is 5.56 Å². The summed E-state index contributed by atoms with van der Waals surface area (Å²) in [6, 6.07) is 2.02. The Bertz CT molecular complexity index is 656. The van der Waals surface area contributed by atoms with Crippen LogP contribution in [-0.2, 0) is 0 Å². The fraction of sp³-hybridized carbons (Fsp3) is 0.500. The Balaban J connectivity index is 2.01. The minimum absolute atomic E-state index is 0.250. The molecule has 1 aliphatic heterocycles. The third kappa shape index (κ3) is 2.16. The molecule has 0 bridgehead atoms. The van der Waals surface area contributed by atoms with Gasteiger partial charge in [-0.25, -0.2) is 14.5 Å². The standard InChI is InChI=1S/C14H18N4O2/c1-9-12(14(19)20)7-10-8-15-18(13(10)16-9)11-3-5-17(2)6-4-11/h7-8,11H,3-6H2,1-2H3,(H,19,20). The molecule has 3 heterocycles. The minimum Gasteiger partial charge on any atom is -0.478 e. The van der Waals surface area contributed by atoms with Crippen LogP contribution in [0.2, 0.25) is 0 Å². The predicted octanol–water partition coefficient (Wildman–Crippen LogP) is 1.70. The SMILES string of the molecule is Cc1nc2c(cnn2C2CCN(C)CC2)cc1C(=O)O. The van der Waals surface area contributed by atoms with E-state index in [1.165, 1.54) is 0 Å². The predicted molar refractivity (Wildman–Crippen MR) is 75.0 cm³/mol. The fourth-order valence-electron chi connectivity index (χ4n) is 2.79. The first-order valence-electron chi connectivity index (χ1n) is 6.83. The van der Waals surface area contributed by atoms with Crippen LogP contribution < -0.4 is 0 Å². The topological polar surface area (TPSA) is 71.2 Å². The van der Waals surface area contributed by atoms with Gasteiger partial charge in [-0.15, -0.1) is 0 Å². The summed E-state index contributed by atoms with van der Waals surface area (Å²) < 4.78 is 1.96. The molecule has 1 saturated heterocycles. The smallest absolute Gasteiger partial charge is 0.337 e. The van der Waals surface area contributed by atoms with Gasteiger partial charge in [-0.1, -0.05) is 0 Å². The molecule has 2 aromatic rings. The molecule has 3 rings (SSSR count). The summed E-state index contributed by atoms with van der Waals surface area (Å²) >= 11 is 0. The quantitative estimate of drug-likeness (QED) is 0.902. The molecule has 0 spiro atoms. The van der Waals surface area contributed by atoms with E-state index in [4.69, 9.17) is 5.11 Å². The lowest BCUT2D eigenvalue weighted by Crippen LogP contribution is -2.31. The van der Waals surface area contributed by atoms with Crippen molar-refractivity contribution >= 4 is 17.0 Å². The van der Waals surface area contributed by atoms with Gasteiger partial charge in [0, 0.05) is 5.39 Å². The molecule has 1 N–H and O–H groups in total. The molecule has 0 unspecified atom stereocenters. The number of aryl methyl sites for hydroxylation is 1. The number of fused-ring (bicyclic) bond motifs is 1. The van der Waals surface area contributed by atoms with Crippen molar-refractivity contribution in [2.24, 2.45) is 0 Å². The van der Waals surface area contributed by atoms with Crippen molar-refractivity contribution in [3.63, 3.8) is 0 Å². The van der Waals surface area contributed by atoms with Crippen LogP contribution in [0.1, 0.15) is 34.9 Å². The van der Waals surface area contributed by atoms with Crippen molar-refractivity contribution in [2.45, 2.75) is 25.8 Å². The van der Waals surface area contributed by atoms with E-state index in [0.29, 0.717) is 11.7 Å². The lowest BCUT2D eigenvalue weighted by atomic mass is 10.1. The van der Waals surface area contributed by atoms with Gasteiger partial charge in [0.2, 0.25) is 0 Å². The van der Waals surface area contributed by atoms with Crippen molar-refractivity contribution in [1.29, 1.82) is 0 Å². The number of hydrogen-bond acceptors (Lipinski definition) is 4. The summed E-state index contributed by atoms with van der Waals surface area (Å²) in [5, 5.41) is 14.4. The van der Waals surface area contributed by atoms with Crippen molar-refractivity contribution in [3.8, 4) is 0 Å². The van der Waals surface area contributed by atoms with Gasteiger partial charge in [0.25, 0.3) is 0 Å².